The molecule has 1 aliphatic carbocycles. The fraction of sp³-hybridized carbons (Fsp3) is 0.333. The van der Waals surface area contributed by atoms with Crippen molar-refractivity contribution in [3.8, 4) is 5.75 Å². The predicted octanol–water partition coefficient (Wildman–Crippen LogP) is 4.46. The van der Waals surface area contributed by atoms with E-state index in [2.05, 4.69) is 15.3 Å². The molecule has 5 rings (SSSR count). The van der Waals surface area contributed by atoms with Crippen molar-refractivity contribution < 1.29 is 9.53 Å². The number of fused-ring (bicyclic) bond motifs is 2. The second-order valence-electron chi connectivity index (χ2n) is 8.28. The molecular formula is C24H24N4O3S. The van der Waals surface area contributed by atoms with Crippen molar-refractivity contribution in [2.75, 3.05) is 12.4 Å². The molecule has 32 heavy (non-hydrogen) atoms. The number of rotatable bonds is 5. The number of nitrogens with zero attached hydrogens (tertiary/aromatic N) is 3. The van der Waals surface area contributed by atoms with Crippen molar-refractivity contribution in [1.82, 2.24) is 14.5 Å². The molecule has 2 heterocycles. The highest BCUT2D eigenvalue weighted by Crippen LogP contribution is 2.33. The van der Waals surface area contributed by atoms with Gasteiger partial charge in [0, 0.05) is 12.5 Å². The maximum atomic E-state index is 12.8. The third-order valence-corrected chi connectivity index (χ3v) is 7.16. The van der Waals surface area contributed by atoms with Crippen molar-refractivity contribution in [3.05, 3.63) is 59.1 Å². The Labute approximate surface area is 189 Å². The fourth-order valence-electron chi connectivity index (χ4n) is 4.41. The molecule has 164 valence electrons. The van der Waals surface area contributed by atoms with E-state index in [0.29, 0.717) is 23.0 Å². The second kappa shape index (κ2) is 8.70. The number of hydrogen-bond donors (Lipinski definition) is 1. The average Bonchev–Trinajstić information content (AvgIpc) is 3.22. The van der Waals surface area contributed by atoms with Crippen LogP contribution in [0.4, 0.5) is 5.13 Å². The molecule has 1 amide bonds. The molecule has 1 N–H and O–H groups in total. The Morgan fingerprint density at radius 1 is 1.16 bits per heavy atom. The van der Waals surface area contributed by atoms with Gasteiger partial charge in [0.1, 0.15) is 5.75 Å². The summed E-state index contributed by atoms with van der Waals surface area (Å²) < 4.78 is 7.95. The van der Waals surface area contributed by atoms with Gasteiger partial charge in [-0.05, 0) is 61.9 Å². The van der Waals surface area contributed by atoms with E-state index in [1.54, 1.807) is 18.0 Å². The summed E-state index contributed by atoms with van der Waals surface area (Å²) in [5.41, 5.74) is 1.58. The molecule has 2 aromatic carbocycles. The van der Waals surface area contributed by atoms with Gasteiger partial charge in [0.15, 0.2) is 5.13 Å². The van der Waals surface area contributed by atoms with Crippen LogP contribution in [0.15, 0.2) is 53.6 Å². The number of hydrogen-bond acceptors (Lipinski definition) is 6. The van der Waals surface area contributed by atoms with Gasteiger partial charge in [0.2, 0.25) is 5.91 Å². The first-order valence-corrected chi connectivity index (χ1v) is 11.6. The SMILES string of the molecule is COc1ccc2nc(NC(=O)C3CCC(Cn4cnc5ccccc5c4=O)CC3)sc2c1. The lowest BCUT2D eigenvalue weighted by Crippen LogP contribution is -2.30. The number of carbonyl (C=O) groups excluding carboxylic acids is 1. The van der Waals surface area contributed by atoms with E-state index in [0.717, 1.165) is 47.2 Å². The number of para-hydroxylation sites is 1. The maximum absolute atomic E-state index is 12.8. The van der Waals surface area contributed by atoms with E-state index in [4.69, 9.17) is 4.74 Å². The maximum Gasteiger partial charge on any atom is 0.261 e. The number of aromatic nitrogens is 3. The summed E-state index contributed by atoms with van der Waals surface area (Å²) in [5.74, 6) is 1.14. The Bertz CT molecular complexity index is 1340. The Hall–Kier alpha value is -3.26. The van der Waals surface area contributed by atoms with Crippen LogP contribution in [0, 0.1) is 11.8 Å². The van der Waals surface area contributed by atoms with Crippen molar-refractivity contribution >= 4 is 43.5 Å². The lowest BCUT2D eigenvalue weighted by atomic mass is 9.81. The number of anilines is 1. The van der Waals surface area contributed by atoms with E-state index in [9.17, 15) is 9.59 Å². The Morgan fingerprint density at radius 3 is 2.78 bits per heavy atom. The number of ether oxygens (including phenoxy) is 1. The molecule has 4 aromatic rings. The molecule has 1 aliphatic rings. The number of amides is 1. The van der Waals surface area contributed by atoms with E-state index in [1.165, 1.54) is 11.3 Å². The first kappa shape index (κ1) is 20.6. The Kier molecular flexibility index (Phi) is 5.61. The molecule has 0 saturated heterocycles. The topological polar surface area (TPSA) is 86.1 Å². The fourth-order valence-corrected chi connectivity index (χ4v) is 5.31. The largest absolute Gasteiger partial charge is 0.497 e. The smallest absolute Gasteiger partial charge is 0.261 e. The molecule has 2 aromatic heterocycles. The highest BCUT2D eigenvalue weighted by Gasteiger charge is 2.27. The summed E-state index contributed by atoms with van der Waals surface area (Å²) in [6.45, 7) is 0.644. The number of thiazole rings is 1. The van der Waals surface area contributed by atoms with Crippen LogP contribution in [0.3, 0.4) is 0 Å². The summed E-state index contributed by atoms with van der Waals surface area (Å²) >= 11 is 1.46. The molecule has 0 unspecified atom stereocenters. The second-order valence-corrected chi connectivity index (χ2v) is 9.31. The van der Waals surface area contributed by atoms with Crippen molar-refractivity contribution in [2.24, 2.45) is 11.8 Å². The highest BCUT2D eigenvalue weighted by atomic mass is 32.1. The van der Waals surface area contributed by atoms with Crippen LogP contribution >= 0.6 is 11.3 Å². The van der Waals surface area contributed by atoms with Gasteiger partial charge in [0.25, 0.3) is 5.56 Å². The van der Waals surface area contributed by atoms with Gasteiger partial charge in [-0.1, -0.05) is 23.5 Å². The third-order valence-electron chi connectivity index (χ3n) is 6.23. The standard InChI is InChI=1S/C24H24N4O3S/c1-31-17-10-11-20-21(12-17)32-24(26-20)27-22(29)16-8-6-15(7-9-16)13-28-14-25-19-5-3-2-4-18(19)23(28)30/h2-5,10-12,14-16H,6-9,13H2,1H3,(H,26,27,29). The van der Waals surface area contributed by atoms with Crippen LogP contribution in [0.2, 0.25) is 0 Å². The lowest BCUT2D eigenvalue weighted by molar-refractivity contribution is -0.121. The molecule has 7 nitrogen and oxygen atoms in total. The molecule has 0 radical (unpaired) electrons. The summed E-state index contributed by atoms with van der Waals surface area (Å²) in [7, 11) is 1.63. The van der Waals surface area contributed by atoms with Gasteiger partial charge in [-0.3, -0.25) is 14.2 Å². The molecule has 0 aliphatic heterocycles. The molecule has 8 heteroatoms. The van der Waals surface area contributed by atoms with E-state index >= 15 is 0 Å². The first-order chi connectivity index (χ1) is 15.6. The number of benzene rings is 2. The molecule has 0 spiro atoms. The van der Waals surface area contributed by atoms with Crippen LogP contribution < -0.4 is 15.6 Å². The summed E-state index contributed by atoms with van der Waals surface area (Å²) in [5, 5.41) is 4.26. The normalized spacial score (nSPS) is 18.7. The Balaban J connectivity index is 1.20. The van der Waals surface area contributed by atoms with Crippen LogP contribution in [0.25, 0.3) is 21.1 Å². The first-order valence-electron chi connectivity index (χ1n) is 10.8. The van der Waals surface area contributed by atoms with Crippen molar-refractivity contribution in [2.45, 2.75) is 32.2 Å². The van der Waals surface area contributed by atoms with Gasteiger partial charge in [0.05, 0.1) is 34.6 Å². The van der Waals surface area contributed by atoms with Gasteiger partial charge in [-0.25, -0.2) is 9.97 Å². The zero-order valence-corrected chi connectivity index (χ0v) is 18.6. The molecule has 1 fully saturated rings. The minimum Gasteiger partial charge on any atom is -0.497 e. The zero-order valence-electron chi connectivity index (χ0n) is 17.8. The zero-order chi connectivity index (χ0) is 22.1. The third kappa shape index (κ3) is 4.10. The summed E-state index contributed by atoms with van der Waals surface area (Å²) in [4.78, 5) is 34.5. The van der Waals surface area contributed by atoms with Gasteiger partial charge >= 0.3 is 0 Å². The minimum absolute atomic E-state index is 0.00272. The number of carbonyl (C=O) groups is 1. The number of methoxy groups -OCH3 is 1. The minimum atomic E-state index is -0.0285. The van der Waals surface area contributed by atoms with Crippen LogP contribution in [0.1, 0.15) is 25.7 Å². The monoisotopic (exact) mass is 448 g/mol. The summed E-state index contributed by atoms with van der Waals surface area (Å²) in [6, 6.07) is 13.1. The predicted molar refractivity (Wildman–Crippen MR) is 126 cm³/mol. The van der Waals surface area contributed by atoms with Crippen LogP contribution in [-0.2, 0) is 11.3 Å². The molecular weight excluding hydrogens is 424 g/mol. The Morgan fingerprint density at radius 2 is 1.97 bits per heavy atom. The summed E-state index contributed by atoms with van der Waals surface area (Å²) in [6.07, 6.45) is 5.09. The van der Waals surface area contributed by atoms with Crippen LogP contribution in [0.5, 0.6) is 5.75 Å². The molecule has 0 atom stereocenters. The molecule has 1 saturated carbocycles. The van der Waals surface area contributed by atoms with E-state index < -0.39 is 0 Å². The lowest BCUT2D eigenvalue weighted by Gasteiger charge is -2.27. The van der Waals surface area contributed by atoms with Gasteiger partial charge in [-0.2, -0.15) is 0 Å². The van der Waals surface area contributed by atoms with E-state index in [-0.39, 0.29) is 17.4 Å². The van der Waals surface area contributed by atoms with Gasteiger partial charge in [-0.15, -0.1) is 0 Å². The number of nitrogens with one attached hydrogen (secondary N) is 1. The average molecular weight is 449 g/mol. The van der Waals surface area contributed by atoms with Crippen molar-refractivity contribution in [1.29, 1.82) is 0 Å². The molecule has 0 bridgehead atoms. The van der Waals surface area contributed by atoms with E-state index in [1.807, 2.05) is 42.5 Å². The van der Waals surface area contributed by atoms with Crippen molar-refractivity contribution in [3.63, 3.8) is 0 Å². The quantitative estimate of drug-likeness (QED) is 0.487. The van der Waals surface area contributed by atoms with Gasteiger partial charge < -0.3 is 10.1 Å². The van der Waals surface area contributed by atoms with Crippen LogP contribution in [-0.4, -0.2) is 27.6 Å². The highest BCUT2D eigenvalue weighted by molar-refractivity contribution is 7.22.